The van der Waals surface area contributed by atoms with Gasteiger partial charge < -0.3 is 4.42 Å². The second-order valence-electron chi connectivity index (χ2n) is 5.34. The molecule has 9 heteroatoms. The molecule has 0 fully saturated rings. The van der Waals surface area contributed by atoms with E-state index in [2.05, 4.69) is 9.14 Å². The highest BCUT2D eigenvalue weighted by Crippen LogP contribution is 2.16. The number of benzene rings is 2. The minimum Gasteiger partial charge on any atom is -0.372 e. The van der Waals surface area contributed by atoms with Crippen LogP contribution in [-0.2, 0) is 23.6 Å². The molecule has 0 unspecified atom stereocenters. The van der Waals surface area contributed by atoms with Crippen LogP contribution >= 0.6 is 0 Å². The highest BCUT2D eigenvalue weighted by Gasteiger charge is 2.16. The van der Waals surface area contributed by atoms with E-state index in [4.69, 9.17) is 0 Å². The van der Waals surface area contributed by atoms with E-state index in [9.17, 15) is 22.4 Å². The number of rotatable bonds is 4. The summed E-state index contributed by atoms with van der Waals surface area (Å²) >= 11 is 0. The average molecular weight is 364 g/mol. The summed E-state index contributed by atoms with van der Waals surface area (Å²) in [5, 5.41) is -0.0215. The van der Waals surface area contributed by atoms with E-state index >= 15 is 0 Å². The van der Waals surface area contributed by atoms with Crippen molar-refractivity contribution in [3.63, 3.8) is 0 Å². The zero-order valence-electron chi connectivity index (χ0n) is 13.0. The fourth-order valence-electron chi connectivity index (χ4n) is 2.30. The van der Waals surface area contributed by atoms with Gasteiger partial charge in [0.25, 0.3) is 0 Å². The van der Waals surface area contributed by atoms with Crippen LogP contribution in [0.5, 0.6) is 0 Å². The van der Waals surface area contributed by atoms with E-state index in [1.54, 1.807) is 0 Å². The van der Waals surface area contributed by atoms with E-state index < -0.39 is 27.2 Å². The molecule has 0 atom stereocenters. The summed E-state index contributed by atoms with van der Waals surface area (Å²) in [7, 11) is -2.50. The number of nitrogens with one attached hydrogen (secondary N) is 1. The van der Waals surface area contributed by atoms with Gasteiger partial charge in [-0.2, -0.15) is 0 Å². The lowest BCUT2D eigenvalue weighted by molar-refractivity contribution is 0.432. The van der Waals surface area contributed by atoms with Gasteiger partial charge in [-0.05, 0) is 35.9 Å². The van der Waals surface area contributed by atoms with Gasteiger partial charge in [0.15, 0.2) is 0 Å². The molecule has 0 bridgehead atoms. The molecule has 0 amide bonds. The fraction of sp³-hybridized carbons (Fsp3) is 0.125. The summed E-state index contributed by atoms with van der Waals surface area (Å²) in [6, 6.07) is 9.17. The number of fused-ring (bicyclic) bond motifs is 1. The van der Waals surface area contributed by atoms with Gasteiger partial charge in [-0.1, -0.05) is 12.1 Å². The number of aryl methyl sites for hydroxylation is 1. The first-order chi connectivity index (χ1) is 11.8. The van der Waals surface area contributed by atoms with Crippen LogP contribution in [0.1, 0.15) is 5.56 Å². The molecule has 1 N–H and O–H groups in total. The van der Waals surface area contributed by atoms with Crippen molar-refractivity contribution in [2.45, 2.75) is 11.4 Å². The standard InChI is InChI=1S/C16H13FN2O5S/c1-19-14-7-6-12(8-13(14)15(20)24-16(19)21)25(22,23)18-9-10-2-4-11(17)5-3-10/h2-8,18H,9H2,1H3. The minimum atomic E-state index is -3.91. The van der Waals surface area contributed by atoms with Crippen LogP contribution in [0.2, 0.25) is 0 Å². The zero-order valence-corrected chi connectivity index (χ0v) is 13.8. The Morgan fingerprint density at radius 2 is 1.80 bits per heavy atom. The van der Waals surface area contributed by atoms with Gasteiger partial charge in [-0.15, -0.1) is 0 Å². The van der Waals surface area contributed by atoms with Gasteiger partial charge in [0.1, 0.15) is 5.82 Å². The summed E-state index contributed by atoms with van der Waals surface area (Å²) in [5.74, 6) is -1.25. The molecular formula is C16H13FN2O5S. The van der Waals surface area contributed by atoms with Gasteiger partial charge in [-0.25, -0.2) is 27.1 Å². The molecule has 1 heterocycles. The number of hydrogen-bond acceptors (Lipinski definition) is 5. The Balaban J connectivity index is 1.96. The predicted molar refractivity (Wildman–Crippen MR) is 88.2 cm³/mol. The number of hydrogen-bond donors (Lipinski definition) is 1. The summed E-state index contributed by atoms with van der Waals surface area (Å²) < 4.78 is 45.7. The minimum absolute atomic E-state index is 0.0215. The van der Waals surface area contributed by atoms with Crippen LogP contribution in [0.25, 0.3) is 10.9 Å². The summed E-state index contributed by atoms with van der Waals surface area (Å²) in [5.41, 5.74) is -0.0694. The molecule has 130 valence electrons. The maximum absolute atomic E-state index is 12.9. The lowest BCUT2D eigenvalue weighted by atomic mass is 10.2. The summed E-state index contributed by atoms with van der Waals surface area (Å²) in [6.07, 6.45) is 0. The molecule has 0 spiro atoms. The molecule has 0 aliphatic heterocycles. The van der Waals surface area contributed by atoms with Gasteiger partial charge in [0.2, 0.25) is 10.0 Å². The van der Waals surface area contributed by atoms with E-state index in [-0.39, 0.29) is 22.3 Å². The Hall–Kier alpha value is -2.78. The monoisotopic (exact) mass is 364 g/mol. The first kappa shape index (κ1) is 17.1. The van der Waals surface area contributed by atoms with Crippen LogP contribution in [0, 0.1) is 5.82 Å². The molecule has 3 aromatic rings. The maximum Gasteiger partial charge on any atom is 0.422 e. The molecule has 0 aliphatic rings. The van der Waals surface area contributed by atoms with Crippen molar-refractivity contribution in [1.82, 2.24) is 9.29 Å². The third-order valence-electron chi connectivity index (χ3n) is 3.69. The molecular weight excluding hydrogens is 351 g/mol. The molecule has 0 radical (unpaired) electrons. The molecule has 0 aliphatic carbocycles. The number of sulfonamides is 1. The van der Waals surface area contributed by atoms with E-state index in [0.29, 0.717) is 5.56 Å². The summed E-state index contributed by atoms with van der Waals surface area (Å²) in [4.78, 5) is 23.1. The normalized spacial score (nSPS) is 11.8. The SMILES string of the molecule is Cn1c(=O)oc(=O)c2cc(S(=O)(=O)NCc3ccc(F)cc3)ccc21. The highest BCUT2D eigenvalue weighted by atomic mass is 32.2. The van der Waals surface area contributed by atoms with Gasteiger partial charge in [0, 0.05) is 13.6 Å². The lowest BCUT2D eigenvalue weighted by Crippen LogP contribution is -2.25. The molecule has 1 aromatic heterocycles. The van der Waals surface area contributed by atoms with Crippen LogP contribution in [0.3, 0.4) is 0 Å². The molecule has 25 heavy (non-hydrogen) atoms. The van der Waals surface area contributed by atoms with Crippen molar-refractivity contribution in [2.24, 2.45) is 7.05 Å². The van der Waals surface area contributed by atoms with Crippen LogP contribution in [0.15, 0.2) is 61.4 Å². The van der Waals surface area contributed by atoms with Crippen LogP contribution < -0.4 is 16.1 Å². The second-order valence-corrected chi connectivity index (χ2v) is 7.11. The van der Waals surface area contributed by atoms with E-state index in [1.807, 2.05) is 0 Å². The van der Waals surface area contributed by atoms with E-state index in [1.165, 1.54) is 43.4 Å². The Bertz CT molecular complexity index is 1160. The van der Waals surface area contributed by atoms with Crippen LogP contribution in [0.4, 0.5) is 4.39 Å². The second kappa shape index (κ2) is 6.26. The summed E-state index contributed by atoms with van der Waals surface area (Å²) in [6.45, 7) is -0.0392. The van der Waals surface area contributed by atoms with E-state index in [0.717, 1.165) is 10.6 Å². The third kappa shape index (κ3) is 3.37. The van der Waals surface area contributed by atoms with Crippen molar-refractivity contribution < 1.29 is 17.2 Å². The zero-order chi connectivity index (χ0) is 18.2. The molecule has 2 aromatic carbocycles. The fourth-order valence-corrected chi connectivity index (χ4v) is 3.35. The smallest absolute Gasteiger partial charge is 0.372 e. The Morgan fingerprint density at radius 1 is 1.12 bits per heavy atom. The average Bonchev–Trinajstić information content (AvgIpc) is 2.59. The first-order valence-electron chi connectivity index (χ1n) is 7.16. The van der Waals surface area contributed by atoms with Crippen molar-refractivity contribution >= 4 is 20.9 Å². The Kier molecular flexibility index (Phi) is 4.27. The largest absolute Gasteiger partial charge is 0.422 e. The topological polar surface area (TPSA) is 98.4 Å². The Morgan fingerprint density at radius 3 is 2.48 bits per heavy atom. The number of nitrogens with zero attached hydrogens (tertiary/aromatic N) is 1. The third-order valence-corrected chi connectivity index (χ3v) is 5.09. The first-order valence-corrected chi connectivity index (χ1v) is 8.64. The predicted octanol–water partition coefficient (Wildman–Crippen LogP) is 1.11. The maximum atomic E-state index is 12.9. The van der Waals surface area contributed by atoms with Gasteiger partial charge >= 0.3 is 11.4 Å². The highest BCUT2D eigenvalue weighted by molar-refractivity contribution is 7.89. The molecule has 0 saturated heterocycles. The molecule has 7 nitrogen and oxygen atoms in total. The van der Waals surface area contributed by atoms with Crippen molar-refractivity contribution in [2.75, 3.05) is 0 Å². The van der Waals surface area contributed by atoms with Crippen molar-refractivity contribution in [3.05, 3.63) is 74.8 Å². The molecule has 3 rings (SSSR count). The van der Waals surface area contributed by atoms with Gasteiger partial charge in [0.05, 0.1) is 15.8 Å². The quantitative estimate of drug-likeness (QED) is 0.748. The van der Waals surface area contributed by atoms with Gasteiger partial charge in [-0.3, -0.25) is 4.57 Å². The number of halogens is 1. The Labute approximate surface area is 141 Å². The van der Waals surface area contributed by atoms with Crippen LogP contribution in [-0.4, -0.2) is 13.0 Å². The molecule has 0 saturated carbocycles. The van der Waals surface area contributed by atoms with Crippen molar-refractivity contribution in [1.29, 1.82) is 0 Å². The number of aromatic nitrogens is 1. The van der Waals surface area contributed by atoms with Crippen molar-refractivity contribution in [3.8, 4) is 0 Å². The lowest BCUT2D eigenvalue weighted by Gasteiger charge is -2.08.